The van der Waals surface area contributed by atoms with Crippen LogP contribution in [-0.4, -0.2) is 44.0 Å². The van der Waals surface area contributed by atoms with Crippen molar-refractivity contribution in [2.75, 3.05) is 25.1 Å². The molecule has 0 fully saturated rings. The van der Waals surface area contributed by atoms with Gasteiger partial charge >= 0.3 is 12.4 Å². The Bertz CT molecular complexity index is 1010. The lowest BCUT2D eigenvalue weighted by atomic mass is 10.1. The average molecular weight is 520 g/mol. The van der Waals surface area contributed by atoms with E-state index < -0.39 is 25.4 Å². The van der Waals surface area contributed by atoms with Crippen LogP contribution in [0.5, 0.6) is 5.75 Å². The molecule has 1 aliphatic rings. The largest absolute Gasteiger partial charge is 0.497 e. The lowest BCUT2D eigenvalue weighted by molar-refractivity contribution is -0.137. The van der Waals surface area contributed by atoms with Gasteiger partial charge in [-0.05, 0) is 59.4 Å². The van der Waals surface area contributed by atoms with Crippen molar-refractivity contribution in [3.8, 4) is 5.75 Å². The molecule has 2 N–H and O–H groups in total. The predicted octanol–water partition coefficient (Wildman–Crippen LogP) is 5.29. The molecule has 0 aliphatic carbocycles. The smallest absolute Gasteiger partial charge is 0.405 e. The van der Waals surface area contributed by atoms with Crippen molar-refractivity contribution in [3.63, 3.8) is 0 Å². The Morgan fingerprint density at radius 3 is 2.14 bits per heavy atom. The molecule has 0 radical (unpaired) electrons. The molecule has 35 heavy (non-hydrogen) atoms. The molecule has 0 saturated heterocycles. The molecular weight excluding hydrogens is 496 g/mol. The Morgan fingerprint density at radius 1 is 1.00 bits per heavy atom. The SMILES string of the molecule is COc1ccc(C2=CSC(NC(=O)CCc3ccc(N(CC(F)(F)F)CC(F)(F)F)cc3)N2)cc1. The van der Waals surface area contributed by atoms with Crippen LogP contribution in [0.1, 0.15) is 17.5 Å². The van der Waals surface area contributed by atoms with Gasteiger partial charge in [0.1, 0.15) is 18.8 Å². The van der Waals surface area contributed by atoms with Crippen molar-refractivity contribution in [3.05, 3.63) is 65.1 Å². The molecule has 5 nitrogen and oxygen atoms in total. The number of rotatable bonds is 9. The highest BCUT2D eigenvalue weighted by Crippen LogP contribution is 2.28. The van der Waals surface area contributed by atoms with E-state index in [0.717, 1.165) is 17.0 Å². The summed E-state index contributed by atoms with van der Waals surface area (Å²) in [5.74, 6) is 0.477. The van der Waals surface area contributed by atoms with Gasteiger partial charge < -0.3 is 20.3 Å². The third-order valence-corrected chi connectivity index (χ3v) is 5.86. The Hall–Kier alpha value is -3.02. The van der Waals surface area contributed by atoms with Crippen LogP contribution in [0.15, 0.2) is 53.9 Å². The highest BCUT2D eigenvalue weighted by Gasteiger charge is 2.37. The molecule has 1 aliphatic heterocycles. The number of aryl methyl sites for hydroxylation is 1. The summed E-state index contributed by atoms with van der Waals surface area (Å²) in [5, 5.41) is 7.91. The molecule has 1 amide bonds. The maximum atomic E-state index is 12.7. The fraction of sp³-hybridized carbons (Fsp3) is 0.348. The number of benzene rings is 2. The minimum absolute atomic E-state index is 0.102. The topological polar surface area (TPSA) is 53.6 Å². The van der Waals surface area contributed by atoms with Crippen LogP contribution in [0.2, 0.25) is 0 Å². The van der Waals surface area contributed by atoms with Gasteiger partial charge in [-0.15, -0.1) is 0 Å². The van der Waals surface area contributed by atoms with Gasteiger partial charge in [-0.1, -0.05) is 23.9 Å². The highest BCUT2D eigenvalue weighted by atomic mass is 32.2. The summed E-state index contributed by atoms with van der Waals surface area (Å²) in [5.41, 5.74) is 1.84. The van der Waals surface area contributed by atoms with Crippen molar-refractivity contribution in [2.45, 2.75) is 30.7 Å². The van der Waals surface area contributed by atoms with Gasteiger partial charge in [0.05, 0.1) is 12.8 Å². The summed E-state index contributed by atoms with van der Waals surface area (Å²) in [6.07, 6.45) is -9.18. The lowest BCUT2D eigenvalue weighted by Gasteiger charge is -2.27. The second kappa shape index (κ2) is 11.1. The summed E-state index contributed by atoms with van der Waals surface area (Å²) < 4.78 is 81.4. The van der Waals surface area contributed by atoms with E-state index in [9.17, 15) is 31.1 Å². The summed E-state index contributed by atoms with van der Waals surface area (Å²) in [4.78, 5) is 12.6. The fourth-order valence-electron chi connectivity index (χ4n) is 3.36. The van der Waals surface area contributed by atoms with E-state index in [-0.39, 0.29) is 34.8 Å². The zero-order chi connectivity index (χ0) is 25.6. The Labute approximate surface area is 202 Å². The molecule has 3 rings (SSSR count). The van der Waals surface area contributed by atoms with Gasteiger partial charge in [-0.25, -0.2) is 0 Å². The van der Waals surface area contributed by atoms with Gasteiger partial charge in [0, 0.05) is 12.1 Å². The van der Waals surface area contributed by atoms with E-state index in [1.54, 1.807) is 7.11 Å². The van der Waals surface area contributed by atoms with Crippen LogP contribution in [-0.2, 0) is 11.2 Å². The van der Waals surface area contributed by atoms with Crippen molar-refractivity contribution in [1.29, 1.82) is 0 Å². The van der Waals surface area contributed by atoms with Crippen molar-refractivity contribution >= 4 is 29.1 Å². The number of hydrogen-bond acceptors (Lipinski definition) is 5. The molecule has 190 valence electrons. The van der Waals surface area contributed by atoms with E-state index in [1.165, 1.54) is 36.0 Å². The Kier molecular flexibility index (Phi) is 8.47. The number of anilines is 1. The Morgan fingerprint density at radius 2 is 1.60 bits per heavy atom. The number of nitrogens with one attached hydrogen (secondary N) is 2. The molecule has 1 heterocycles. The molecule has 0 bridgehead atoms. The first-order chi connectivity index (χ1) is 16.4. The van der Waals surface area contributed by atoms with Crippen LogP contribution < -0.4 is 20.3 Å². The van der Waals surface area contributed by atoms with Crippen LogP contribution in [0.3, 0.4) is 0 Å². The molecule has 0 spiro atoms. The molecule has 12 heteroatoms. The molecule has 2 aromatic carbocycles. The number of thioether (sulfide) groups is 1. The minimum Gasteiger partial charge on any atom is -0.497 e. The summed E-state index contributed by atoms with van der Waals surface area (Å²) in [6.45, 7) is -3.43. The van der Waals surface area contributed by atoms with Gasteiger partial charge in [0.15, 0.2) is 5.50 Å². The number of hydrogen-bond donors (Lipinski definition) is 2. The zero-order valence-corrected chi connectivity index (χ0v) is 19.4. The molecule has 2 aromatic rings. The van der Waals surface area contributed by atoms with Crippen molar-refractivity contribution in [2.24, 2.45) is 0 Å². The maximum Gasteiger partial charge on any atom is 0.405 e. The van der Waals surface area contributed by atoms with E-state index in [1.807, 2.05) is 29.7 Å². The standard InChI is InChI=1S/C23H23F6N3O2S/c1-34-18-9-5-16(6-10-18)19-12-35-21(30-19)31-20(33)11-4-15-2-7-17(8-3-15)32(13-22(24,25)26)14-23(27,28)29/h2-3,5-10,12,21,30H,4,11,13-14H2,1H3,(H,31,33). The highest BCUT2D eigenvalue weighted by molar-refractivity contribution is 8.03. The predicted molar refractivity (Wildman–Crippen MR) is 123 cm³/mol. The number of amides is 1. The van der Waals surface area contributed by atoms with Crippen molar-refractivity contribution < 1.29 is 35.9 Å². The molecule has 1 unspecified atom stereocenters. The first-order valence-corrected chi connectivity index (χ1v) is 11.4. The summed E-state index contributed by atoms with van der Waals surface area (Å²) in [6, 6.07) is 12.7. The molecule has 0 saturated carbocycles. The van der Waals surface area contributed by atoms with Crippen LogP contribution in [0, 0.1) is 0 Å². The van der Waals surface area contributed by atoms with E-state index in [0.29, 0.717) is 5.56 Å². The van der Waals surface area contributed by atoms with Gasteiger partial charge in [-0.2, -0.15) is 26.3 Å². The summed E-state index contributed by atoms with van der Waals surface area (Å²) >= 11 is 1.39. The third-order valence-electron chi connectivity index (χ3n) is 4.98. The molecular formula is C23H23F6N3O2S. The number of methoxy groups -OCH3 is 1. The molecule has 1 atom stereocenters. The van der Waals surface area contributed by atoms with E-state index in [4.69, 9.17) is 4.74 Å². The first kappa shape index (κ1) is 26.6. The number of halogens is 6. The van der Waals surface area contributed by atoms with Gasteiger partial charge in [0.25, 0.3) is 0 Å². The Balaban J connectivity index is 1.49. The summed E-state index contributed by atoms with van der Waals surface area (Å²) in [7, 11) is 1.58. The van der Waals surface area contributed by atoms with E-state index >= 15 is 0 Å². The average Bonchev–Trinajstić information content (AvgIpc) is 3.24. The number of ether oxygens (including phenoxy) is 1. The van der Waals surface area contributed by atoms with Crippen LogP contribution >= 0.6 is 11.8 Å². The zero-order valence-electron chi connectivity index (χ0n) is 18.5. The van der Waals surface area contributed by atoms with Crippen molar-refractivity contribution in [1.82, 2.24) is 10.6 Å². The number of nitrogens with zero attached hydrogens (tertiary/aromatic N) is 1. The van der Waals surface area contributed by atoms with E-state index in [2.05, 4.69) is 10.6 Å². The quantitative estimate of drug-likeness (QED) is 0.441. The van der Waals surface area contributed by atoms with Crippen LogP contribution in [0.4, 0.5) is 32.0 Å². The monoisotopic (exact) mass is 519 g/mol. The van der Waals surface area contributed by atoms with Gasteiger partial charge in [0.2, 0.25) is 5.91 Å². The molecule has 0 aromatic heterocycles. The van der Waals surface area contributed by atoms with Crippen LogP contribution in [0.25, 0.3) is 5.70 Å². The van der Waals surface area contributed by atoms with Gasteiger partial charge in [-0.3, -0.25) is 4.79 Å². The maximum absolute atomic E-state index is 12.7. The third kappa shape index (κ3) is 8.61. The number of carbonyl (C=O) groups excluding carboxylic acids is 1. The number of carbonyl (C=O) groups is 1. The fourth-order valence-corrected chi connectivity index (χ4v) is 4.23. The second-order valence-electron chi connectivity index (χ2n) is 7.74. The minimum atomic E-state index is -4.78. The first-order valence-electron chi connectivity index (χ1n) is 10.5. The number of alkyl halides is 6. The second-order valence-corrected chi connectivity index (χ2v) is 8.72. The lowest BCUT2D eigenvalue weighted by Crippen LogP contribution is -2.40. The normalized spacial score (nSPS) is 15.9.